The van der Waals surface area contributed by atoms with E-state index in [1.165, 1.54) is 9.75 Å². The third kappa shape index (κ3) is 8.78. The maximum Gasteiger partial charge on any atom is 0.0886 e. The number of nitrogens with zero attached hydrogens (tertiary/aromatic N) is 4. The lowest BCUT2D eigenvalue weighted by Crippen LogP contribution is -1.83. The van der Waals surface area contributed by atoms with Gasteiger partial charge in [-0.3, -0.25) is 15.1 Å². The number of hydrogen-bond donors (Lipinski definition) is 1. The summed E-state index contributed by atoms with van der Waals surface area (Å²) in [6, 6.07) is 20.1. The van der Waals surface area contributed by atoms with Gasteiger partial charge in [-0.15, -0.1) is 61.7 Å². The van der Waals surface area contributed by atoms with Crippen molar-refractivity contribution >= 4 is 56.6 Å². The van der Waals surface area contributed by atoms with Crippen LogP contribution in [0.4, 0.5) is 0 Å². The van der Waals surface area contributed by atoms with Gasteiger partial charge < -0.3 is 0 Å². The molecular weight excluding hydrogens is 534 g/mol. The minimum absolute atomic E-state index is 0. The first-order valence-electron chi connectivity index (χ1n) is 8.14. The SMILES string of the molecule is Br.Br.c1c[nH]nn1.c1ccc(-c2ccccn2)nc1.c1csc(-c2cccs2)c1. The fourth-order valence-corrected chi connectivity index (χ4v) is 3.61. The number of hydrogen-bond acceptors (Lipinski definition) is 6. The van der Waals surface area contributed by atoms with Crippen LogP contribution < -0.4 is 0 Å². The van der Waals surface area contributed by atoms with Crippen LogP contribution >= 0.6 is 56.6 Å². The van der Waals surface area contributed by atoms with E-state index in [4.69, 9.17) is 0 Å². The van der Waals surface area contributed by atoms with Gasteiger partial charge in [0.05, 0.1) is 17.6 Å². The third-order valence-electron chi connectivity index (χ3n) is 3.21. The Balaban J connectivity index is 0.000000225. The quantitative estimate of drug-likeness (QED) is 0.268. The molecule has 0 bridgehead atoms. The second-order valence-electron chi connectivity index (χ2n) is 5.04. The molecule has 5 heterocycles. The van der Waals surface area contributed by atoms with Gasteiger partial charge in [0, 0.05) is 28.3 Å². The number of aromatic amines is 1. The molecule has 5 rings (SSSR count). The van der Waals surface area contributed by atoms with E-state index in [2.05, 4.69) is 60.4 Å². The maximum absolute atomic E-state index is 4.19. The van der Waals surface area contributed by atoms with Gasteiger partial charge in [-0.05, 0) is 47.2 Å². The van der Waals surface area contributed by atoms with Gasteiger partial charge in [0.1, 0.15) is 0 Å². The number of aromatic nitrogens is 5. The van der Waals surface area contributed by atoms with E-state index in [9.17, 15) is 0 Å². The van der Waals surface area contributed by atoms with E-state index < -0.39 is 0 Å². The van der Waals surface area contributed by atoms with E-state index in [1.54, 1.807) is 47.5 Å². The minimum atomic E-state index is 0. The molecule has 0 spiro atoms. The molecule has 9 heteroatoms. The van der Waals surface area contributed by atoms with E-state index in [1.807, 2.05) is 36.4 Å². The number of H-pyrrole nitrogens is 1. The Labute approximate surface area is 198 Å². The van der Waals surface area contributed by atoms with E-state index in [0.717, 1.165) is 11.4 Å². The van der Waals surface area contributed by atoms with Crippen molar-refractivity contribution in [3.05, 3.63) is 96.2 Å². The fourth-order valence-electron chi connectivity index (χ4n) is 2.03. The first-order valence-corrected chi connectivity index (χ1v) is 9.89. The van der Waals surface area contributed by atoms with Crippen LogP contribution in [0.5, 0.6) is 0 Å². The number of halogens is 2. The summed E-state index contributed by atoms with van der Waals surface area (Å²) in [6.07, 6.45) is 6.77. The number of nitrogens with one attached hydrogen (secondary N) is 1. The standard InChI is InChI=1S/C10H8N2.C8H6S2.C2H3N3.2BrH/c1-3-7-11-9(5-1)10-6-2-4-8-12-10;1-3-7(9-5-1)8-4-2-6-10-8;1-2-4-5-3-1;;/h1-8H;1-6H;1-2H,(H,3,4,5);2*1H. The summed E-state index contributed by atoms with van der Waals surface area (Å²) < 4.78 is 0. The molecule has 0 aromatic carbocycles. The lowest BCUT2D eigenvalue weighted by atomic mass is 10.2. The molecule has 5 aromatic heterocycles. The van der Waals surface area contributed by atoms with Crippen LogP contribution in [0.2, 0.25) is 0 Å². The van der Waals surface area contributed by atoms with Gasteiger partial charge in [-0.1, -0.05) is 29.5 Å². The monoisotopic (exact) mass is 551 g/mol. The van der Waals surface area contributed by atoms with Gasteiger partial charge in [0.2, 0.25) is 0 Å². The fraction of sp³-hybridized carbons (Fsp3) is 0. The van der Waals surface area contributed by atoms with E-state index in [0.29, 0.717) is 0 Å². The minimum Gasteiger partial charge on any atom is -0.266 e. The molecule has 0 amide bonds. The summed E-state index contributed by atoms with van der Waals surface area (Å²) in [5.41, 5.74) is 1.83. The van der Waals surface area contributed by atoms with E-state index >= 15 is 0 Å². The molecule has 150 valence electrons. The Bertz CT molecular complexity index is 876. The molecule has 0 saturated heterocycles. The summed E-state index contributed by atoms with van der Waals surface area (Å²) in [4.78, 5) is 11.1. The molecule has 0 aliphatic heterocycles. The molecule has 0 fully saturated rings. The Hall–Kier alpha value is -2.20. The molecule has 0 aliphatic carbocycles. The average Bonchev–Trinajstić information content (AvgIpc) is 3.54. The lowest BCUT2D eigenvalue weighted by Gasteiger charge is -1.96. The molecule has 0 aliphatic rings. The third-order valence-corrected chi connectivity index (χ3v) is 5.14. The zero-order chi connectivity index (χ0) is 18.6. The van der Waals surface area contributed by atoms with Crippen molar-refractivity contribution < 1.29 is 0 Å². The smallest absolute Gasteiger partial charge is 0.0886 e. The molecule has 29 heavy (non-hydrogen) atoms. The summed E-state index contributed by atoms with van der Waals surface area (Å²) in [6.45, 7) is 0. The number of pyridine rings is 2. The average molecular weight is 553 g/mol. The summed E-state index contributed by atoms with van der Waals surface area (Å²) in [5.74, 6) is 0. The van der Waals surface area contributed by atoms with Crippen LogP contribution in [-0.4, -0.2) is 25.4 Å². The van der Waals surface area contributed by atoms with E-state index in [-0.39, 0.29) is 34.0 Å². The number of thiophene rings is 2. The highest BCUT2D eigenvalue weighted by atomic mass is 79.9. The molecule has 0 saturated carbocycles. The van der Waals surface area contributed by atoms with Crippen molar-refractivity contribution in [2.45, 2.75) is 0 Å². The Morgan fingerprint density at radius 1 is 0.621 bits per heavy atom. The highest BCUT2D eigenvalue weighted by Crippen LogP contribution is 2.28. The molecule has 0 unspecified atom stereocenters. The Morgan fingerprint density at radius 2 is 1.17 bits per heavy atom. The van der Waals surface area contributed by atoms with Gasteiger partial charge in [0.15, 0.2) is 0 Å². The van der Waals surface area contributed by atoms with Crippen LogP contribution in [0.15, 0.2) is 96.2 Å². The predicted octanol–water partition coefficient (Wildman–Crippen LogP) is 6.58. The molecule has 0 atom stereocenters. The Morgan fingerprint density at radius 3 is 1.45 bits per heavy atom. The van der Waals surface area contributed by atoms with Gasteiger partial charge in [-0.25, -0.2) is 0 Å². The maximum atomic E-state index is 4.19. The zero-order valence-electron chi connectivity index (χ0n) is 15.2. The predicted molar refractivity (Wildman–Crippen MR) is 132 cm³/mol. The van der Waals surface area contributed by atoms with Crippen molar-refractivity contribution in [2.24, 2.45) is 0 Å². The zero-order valence-corrected chi connectivity index (χ0v) is 20.2. The van der Waals surface area contributed by atoms with Crippen LogP contribution in [0.1, 0.15) is 0 Å². The summed E-state index contributed by atoms with van der Waals surface area (Å²) in [5, 5.41) is 13.5. The molecular formula is C20H19Br2N5S2. The summed E-state index contributed by atoms with van der Waals surface area (Å²) in [7, 11) is 0. The molecule has 1 N–H and O–H groups in total. The van der Waals surface area contributed by atoms with Crippen molar-refractivity contribution in [3.8, 4) is 21.1 Å². The summed E-state index contributed by atoms with van der Waals surface area (Å²) >= 11 is 3.58. The van der Waals surface area contributed by atoms with Gasteiger partial charge in [-0.2, -0.15) is 0 Å². The van der Waals surface area contributed by atoms with Crippen LogP contribution in [0, 0.1) is 0 Å². The highest BCUT2D eigenvalue weighted by molar-refractivity contribution is 8.93. The Kier molecular flexibility index (Phi) is 12.6. The van der Waals surface area contributed by atoms with Gasteiger partial charge >= 0.3 is 0 Å². The highest BCUT2D eigenvalue weighted by Gasteiger charge is 1.96. The lowest BCUT2D eigenvalue weighted by molar-refractivity contribution is 0.940. The molecule has 5 aromatic rings. The van der Waals surface area contributed by atoms with Crippen molar-refractivity contribution in [2.75, 3.05) is 0 Å². The van der Waals surface area contributed by atoms with Crippen LogP contribution in [0.3, 0.4) is 0 Å². The van der Waals surface area contributed by atoms with Crippen molar-refractivity contribution in [3.63, 3.8) is 0 Å². The topological polar surface area (TPSA) is 67.3 Å². The van der Waals surface area contributed by atoms with Crippen LogP contribution in [0.25, 0.3) is 21.1 Å². The first kappa shape index (κ1) is 24.8. The first-order chi connectivity index (χ1) is 13.4. The van der Waals surface area contributed by atoms with Gasteiger partial charge in [0.25, 0.3) is 0 Å². The molecule has 5 nitrogen and oxygen atoms in total. The van der Waals surface area contributed by atoms with Crippen molar-refractivity contribution in [1.29, 1.82) is 0 Å². The largest absolute Gasteiger partial charge is 0.266 e. The molecule has 0 radical (unpaired) electrons. The second kappa shape index (κ2) is 14.7. The normalized spacial score (nSPS) is 8.83. The number of rotatable bonds is 2. The van der Waals surface area contributed by atoms with Crippen LogP contribution in [-0.2, 0) is 0 Å². The second-order valence-corrected chi connectivity index (χ2v) is 6.94. The van der Waals surface area contributed by atoms with Crippen molar-refractivity contribution in [1.82, 2.24) is 25.4 Å².